The van der Waals surface area contributed by atoms with Gasteiger partial charge in [-0.15, -0.1) is 0 Å². The number of para-hydroxylation sites is 1. The zero-order chi connectivity index (χ0) is 16.4. The van der Waals surface area contributed by atoms with Crippen LogP contribution in [0, 0.1) is 0 Å². The second kappa shape index (κ2) is 5.96. The predicted molar refractivity (Wildman–Crippen MR) is 95.9 cm³/mol. The fourth-order valence-corrected chi connectivity index (χ4v) is 3.35. The highest BCUT2D eigenvalue weighted by Crippen LogP contribution is 2.41. The molecule has 4 nitrogen and oxygen atoms in total. The molecule has 1 aliphatic rings. The molecule has 120 valence electrons. The van der Waals surface area contributed by atoms with Gasteiger partial charge in [0.1, 0.15) is 0 Å². The number of benzene rings is 2. The van der Waals surface area contributed by atoms with Crippen molar-refractivity contribution in [3.8, 4) is 0 Å². The van der Waals surface area contributed by atoms with Crippen LogP contribution in [-0.4, -0.2) is 11.0 Å². The highest BCUT2D eigenvalue weighted by molar-refractivity contribution is 5.99. The van der Waals surface area contributed by atoms with Gasteiger partial charge in [-0.25, -0.2) is 4.79 Å². The lowest BCUT2D eigenvalue weighted by atomic mass is 9.72. The first-order valence-electron chi connectivity index (χ1n) is 8.25. The van der Waals surface area contributed by atoms with Crippen molar-refractivity contribution < 1.29 is 4.79 Å². The fourth-order valence-electron chi connectivity index (χ4n) is 3.35. The summed E-state index contributed by atoms with van der Waals surface area (Å²) in [5.74, 6) is 0. The second-order valence-corrected chi connectivity index (χ2v) is 6.26. The second-order valence-electron chi connectivity index (χ2n) is 6.26. The zero-order valence-corrected chi connectivity index (χ0v) is 13.3. The van der Waals surface area contributed by atoms with Crippen LogP contribution in [0.2, 0.25) is 0 Å². The Hall–Kier alpha value is -2.88. The molecule has 4 rings (SSSR count). The first kappa shape index (κ1) is 14.7. The SMILES string of the molecule is O=C(Nc1cccc2cccnc12)NC1(c2ccccc2)CCC1. The molecule has 0 aliphatic heterocycles. The molecule has 2 aromatic carbocycles. The summed E-state index contributed by atoms with van der Waals surface area (Å²) in [5, 5.41) is 7.16. The van der Waals surface area contributed by atoms with Crippen molar-refractivity contribution in [1.82, 2.24) is 10.3 Å². The van der Waals surface area contributed by atoms with Gasteiger partial charge in [0, 0.05) is 11.6 Å². The van der Waals surface area contributed by atoms with Crippen molar-refractivity contribution in [2.45, 2.75) is 24.8 Å². The minimum absolute atomic E-state index is 0.184. The third kappa shape index (κ3) is 2.60. The molecule has 2 N–H and O–H groups in total. The lowest BCUT2D eigenvalue weighted by Gasteiger charge is -2.43. The molecule has 0 bridgehead atoms. The topological polar surface area (TPSA) is 54.0 Å². The van der Waals surface area contributed by atoms with Crippen molar-refractivity contribution in [2.24, 2.45) is 0 Å². The van der Waals surface area contributed by atoms with Crippen molar-refractivity contribution in [3.63, 3.8) is 0 Å². The number of anilines is 1. The number of carbonyl (C=O) groups excluding carboxylic acids is 1. The Morgan fingerprint density at radius 1 is 0.958 bits per heavy atom. The average Bonchev–Trinajstić information content (AvgIpc) is 2.59. The van der Waals surface area contributed by atoms with Crippen LogP contribution in [0.25, 0.3) is 10.9 Å². The molecule has 24 heavy (non-hydrogen) atoms. The van der Waals surface area contributed by atoms with E-state index < -0.39 is 0 Å². The van der Waals surface area contributed by atoms with Gasteiger partial charge in [0.15, 0.2) is 0 Å². The van der Waals surface area contributed by atoms with Gasteiger partial charge in [-0.2, -0.15) is 0 Å². The number of rotatable bonds is 3. The highest BCUT2D eigenvalue weighted by Gasteiger charge is 2.39. The van der Waals surface area contributed by atoms with E-state index in [0.29, 0.717) is 0 Å². The van der Waals surface area contributed by atoms with Crippen LogP contribution in [0.3, 0.4) is 0 Å². The molecule has 2 amide bonds. The maximum atomic E-state index is 12.6. The molecule has 0 atom stereocenters. The van der Waals surface area contributed by atoms with Crippen LogP contribution in [0.1, 0.15) is 24.8 Å². The molecule has 1 aromatic heterocycles. The van der Waals surface area contributed by atoms with Gasteiger partial charge in [-0.05, 0) is 37.0 Å². The third-order valence-electron chi connectivity index (χ3n) is 4.77. The number of pyridine rings is 1. The van der Waals surface area contributed by atoms with Gasteiger partial charge in [0.05, 0.1) is 16.7 Å². The van der Waals surface area contributed by atoms with Crippen LogP contribution in [0.4, 0.5) is 10.5 Å². The average molecular weight is 317 g/mol. The molecule has 3 aromatic rings. The molecular weight excluding hydrogens is 298 g/mol. The Kier molecular flexibility index (Phi) is 3.65. The number of hydrogen-bond donors (Lipinski definition) is 2. The van der Waals surface area contributed by atoms with Crippen LogP contribution in [0.5, 0.6) is 0 Å². The van der Waals surface area contributed by atoms with E-state index in [2.05, 4.69) is 27.8 Å². The van der Waals surface area contributed by atoms with E-state index in [1.54, 1.807) is 6.20 Å². The molecule has 0 unspecified atom stereocenters. The zero-order valence-electron chi connectivity index (χ0n) is 13.3. The van der Waals surface area contributed by atoms with Gasteiger partial charge >= 0.3 is 6.03 Å². The van der Waals surface area contributed by atoms with Gasteiger partial charge in [-0.1, -0.05) is 48.5 Å². The summed E-state index contributed by atoms with van der Waals surface area (Å²) in [6.45, 7) is 0. The molecule has 1 aliphatic carbocycles. The van der Waals surface area contributed by atoms with Crippen molar-refractivity contribution in [2.75, 3.05) is 5.32 Å². The molecule has 0 spiro atoms. The van der Waals surface area contributed by atoms with Crippen molar-refractivity contribution in [3.05, 3.63) is 72.4 Å². The first-order valence-corrected chi connectivity index (χ1v) is 8.25. The Morgan fingerprint density at radius 3 is 2.50 bits per heavy atom. The summed E-state index contributed by atoms with van der Waals surface area (Å²) in [6, 6.07) is 19.7. The Bertz CT molecular complexity index is 867. The van der Waals surface area contributed by atoms with E-state index in [1.165, 1.54) is 5.56 Å². The standard InChI is InChI=1S/C20H19N3O/c24-19(22-17-11-4-7-15-8-5-14-21-18(15)17)23-20(12-6-13-20)16-9-2-1-3-10-16/h1-5,7-11,14H,6,12-13H2,(H2,22,23,24). The van der Waals surface area contributed by atoms with E-state index in [1.807, 2.05) is 48.5 Å². The van der Waals surface area contributed by atoms with Crippen molar-refractivity contribution >= 4 is 22.6 Å². The largest absolute Gasteiger partial charge is 0.328 e. The van der Waals surface area contributed by atoms with E-state index in [0.717, 1.165) is 35.9 Å². The maximum absolute atomic E-state index is 12.6. The number of nitrogens with zero attached hydrogens (tertiary/aromatic N) is 1. The molecule has 0 saturated heterocycles. The normalized spacial score (nSPS) is 15.5. The number of hydrogen-bond acceptors (Lipinski definition) is 2. The summed E-state index contributed by atoms with van der Waals surface area (Å²) in [5.41, 5.74) is 2.46. The lowest BCUT2D eigenvalue weighted by molar-refractivity contribution is 0.185. The monoisotopic (exact) mass is 317 g/mol. The predicted octanol–water partition coefficient (Wildman–Crippen LogP) is 4.44. The Morgan fingerprint density at radius 2 is 1.75 bits per heavy atom. The number of carbonyl (C=O) groups is 1. The van der Waals surface area contributed by atoms with Crippen LogP contribution < -0.4 is 10.6 Å². The number of urea groups is 1. The van der Waals surface area contributed by atoms with Crippen LogP contribution >= 0.6 is 0 Å². The number of nitrogens with one attached hydrogen (secondary N) is 2. The number of amides is 2. The molecule has 4 heteroatoms. The van der Waals surface area contributed by atoms with E-state index in [4.69, 9.17) is 0 Å². The van der Waals surface area contributed by atoms with E-state index >= 15 is 0 Å². The molecule has 1 saturated carbocycles. The minimum atomic E-state index is -0.247. The summed E-state index contributed by atoms with van der Waals surface area (Å²) in [6.07, 6.45) is 4.81. The molecule has 1 fully saturated rings. The minimum Gasteiger partial charge on any atom is -0.328 e. The van der Waals surface area contributed by atoms with Gasteiger partial charge in [0.2, 0.25) is 0 Å². The summed E-state index contributed by atoms with van der Waals surface area (Å²) < 4.78 is 0. The number of aromatic nitrogens is 1. The van der Waals surface area contributed by atoms with Gasteiger partial charge < -0.3 is 10.6 Å². The molecule has 1 heterocycles. The summed E-state index contributed by atoms with van der Waals surface area (Å²) in [4.78, 5) is 17.0. The highest BCUT2D eigenvalue weighted by atomic mass is 16.2. The Balaban J connectivity index is 1.56. The van der Waals surface area contributed by atoms with Crippen LogP contribution in [0.15, 0.2) is 66.9 Å². The summed E-state index contributed by atoms with van der Waals surface area (Å²) >= 11 is 0. The van der Waals surface area contributed by atoms with E-state index in [-0.39, 0.29) is 11.6 Å². The molecular formula is C20H19N3O. The lowest BCUT2D eigenvalue weighted by Crippen LogP contribution is -2.52. The number of fused-ring (bicyclic) bond motifs is 1. The fraction of sp³-hybridized carbons (Fsp3) is 0.200. The summed E-state index contributed by atoms with van der Waals surface area (Å²) in [7, 11) is 0. The first-order chi connectivity index (χ1) is 11.8. The maximum Gasteiger partial charge on any atom is 0.320 e. The quantitative estimate of drug-likeness (QED) is 0.750. The third-order valence-corrected chi connectivity index (χ3v) is 4.77. The van der Waals surface area contributed by atoms with Gasteiger partial charge in [0.25, 0.3) is 0 Å². The van der Waals surface area contributed by atoms with Crippen molar-refractivity contribution in [1.29, 1.82) is 0 Å². The molecule has 0 radical (unpaired) electrons. The Labute approximate surface area is 140 Å². The van der Waals surface area contributed by atoms with Gasteiger partial charge in [-0.3, -0.25) is 4.98 Å². The smallest absolute Gasteiger partial charge is 0.320 e. The van der Waals surface area contributed by atoms with Crippen LogP contribution in [-0.2, 0) is 5.54 Å². The van der Waals surface area contributed by atoms with E-state index in [9.17, 15) is 4.79 Å².